The van der Waals surface area contributed by atoms with Gasteiger partial charge in [0.2, 0.25) is 0 Å². The van der Waals surface area contributed by atoms with Gasteiger partial charge in [-0.1, -0.05) is 0 Å². The summed E-state index contributed by atoms with van der Waals surface area (Å²) in [6, 6.07) is 7.19. The molecule has 1 N–H and O–H groups in total. The molecule has 2 rings (SSSR count). The molecule has 0 saturated heterocycles. The minimum atomic E-state index is -4.25. The lowest BCUT2D eigenvalue weighted by Crippen LogP contribution is -2.40. The summed E-state index contributed by atoms with van der Waals surface area (Å²) in [5.74, 6) is -3.84. The lowest BCUT2D eigenvalue weighted by molar-refractivity contribution is -0.187. The van der Waals surface area contributed by atoms with E-state index < -0.39 is 29.3 Å². The Balaban J connectivity index is 2.09. The van der Waals surface area contributed by atoms with Crippen molar-refractivity contribution in [2.45, 2.75) is 6.11 Å². The Kier molecular flexibility index (Phi) is 4.73. The largest absolute Gasteiger partial charge is 0.497 e. The predicted molar refractivity (Wildman–Crippen MR) is 73.6 cm³/mol. The molecular formula is C15H11F4NO3. The minimum Gasteiger partial charge on any atom is -0.497 e. The maximum absolute atomic E-state index is 13.7. The molecule has 0 aliphatic rings. The Hall–Kier alpha value is -2.77. The molecule has 0 radical (unpaired) electrons. The molecule has 0 spiro atoms. The summed E-state index contributed by atoms with van der Waals surface area (Å²) in [5, 5.41) is 1.64. The second-order valence-electron chi connectivity index (χ2n) is 4.37. The summed E-state index contributed by atoms with van der Waals surface area (Å²) in [6.07, 6.45) is -4.25. The fourth-order valence-corrected chi connectivity index (χ4v) is 1.62. The smallest absolute Gasteiger partial charge is 0.482 e. The van der Waals surface area contributed by atoms with E-state index in [2.05, 4.69) is 4.74 Å². The molecule has 0 unspecified atom stereocenters. The number of anilines is 1. The maximum atomic E-state index is 13.7. The fraction of sp³-hybridized carbons (Fsp3) is 0.133. The van der Waals surface area contributed by atoms with Crippen LogP contribution in [-0.2, 0) is 4.79 Å². The molecule has 0 atom stereocenters. The third kappa shape index (κ3) is 4.12. The van der Waals surface area contributed by atoms with Crippen molar-refractivity contribution in [1.82, 2.24) is 0 Å². The number of methoxy groups -OCH3 is 1. The molecule has 0 heterocycles. The first-order chi connectivity index (χ1) is 10.8. The molecule has 0 fully saturated rings. The van der Waals surface area contributed by atoms with Crippen LogP contribution in [0.5, 0.6) is 11.5 Å². The van der Waals surface area contributed by atoms with Crippen molar-refractivity contribution in [3.8, 4) is 11.5 Å². The summed E-state index contributed by atoms with van der Waals surface area (Å²) in [6.45, 7) is 0. The zero-order valence-corrected chi connectivity index (χ0v) is 11.8. The van der Waals surface area contributed by atoms with Crippen LogP contribution >= 0.6 is 0 Å². The van der Waals surface area contributed by atoms with Crippen molar-refractivity contribution in [3.05, 3.63) is 54.1 Å². The number of amides is 1. The van der Waals surface area contributed by atoms with E-state index in [1.165, 1.54) is 31.4 Å². The van der Waals surface area contributed by atoms with Crippen molar-refractivity contribution >= 4 is 11.6 Å². The van der Waals surface area contributed by atoms with Gasteiger partial charge in [0.05, 0.1) is 12.8 Å². The Morgan fingerprint density at radius 2 is 1.65 bits per heavy atom. The number of hydrogen-bond acceptors (Lipinski definition) is 3. The number of halogens is 4. The second kappa shape index (κ2) is 6.55. The average Bonchev–Trinajstić information content (AvgIpc) is 2.50. The van der Waals surface area contributed by atoms with Gasteiger partial charge in [0.1, 0.15) is 23.1 Å². The Labute approximate surface area is 128 Å². The van der Waals surface area contributed by atoms with E-state index in [9.17, 15) is 22.4 Å². The van der Waals surface area contributed by atoms with Crippen LogP contribution in [0.3, 0.4) is 0 Å². The minimum absolute atomic E-state index is 0.287. The fourth-order valence-electron chi connectivity index (χ4n) is 1.62. The molecule has 2 aromatic carbocycles. The second-order valence-corrected chi connectivity index (χ2v) is 4.37. The van der Waals surface area contributed by atoms with Crippen LogP contribution < -0.4 is 14.8 Å². The van der Waals surface area contributed by atoms with Gasteiger partial charge in [0.25, 0.3) is 0 Å². The zero-order chi connectivity index (χ0) is 17.0. The van der Waals surface area contributed by atoms with E-state index in [0.29, 0.717) is 11.8 Å². The Morgan fingerprint density at radius 3 is 2.22 bits per heavy atom. The first-order valence-electron chi connectivity index (χ1n) is 6.29. The van der Waals surface area contributed by atoms with Gasteiger partial charge < -0.3 is 14.8 Å². The summed E-state index contributed by atoms with van der Waals surface area (Å²) in [4.78, 5) is 11.5. The molecule has 0 bridgehead atoms. The van der Waals surface area contributed by atoms with E-state index in [1.54, 1.807) is 5.32 Å². The molecule has 0 saturated carbocycles. The number of carbonyl (C=O) groups is 1. The van der Waals surface area contributed by atoms with Crippen LogP contribution in [0.4, 0.5) is 23.2 Å². The van der Waals surface area contributed by atoms with E-state index in [-0.39, 0.29) is 5.75 Å². The first-order valence-corrected chi connectivity index (χ1v) is 6.29. The molecule has 0 aliphatic carbocycles. The molecule has 0 aliphatic heterocycles. The molecule has 1 amide bonds. The number of carbonyl (C=O) groups excluding carboxylic acids is 1. The first kappa shape index (κ1) is 16.6. The standard InChI is InChI=1S/C15H11F4NO3/c1-22-10-3-5-11(6-4-10)23-15(18,19)14(21)20-13-7-2-9(16)8-12(13)17/h2-8H,1H3,(H,20,21). The normalized spacial score (nSPS) is 11.0. The quantitative estimate of drug-likeness (QED) is 0.853. The Morgan fingerprint density at radius 1 is 1.04 bits per heavy atom. The SMILES string of the molecule is COc1ccc(OC(F)(F)C(=O)Nc2ccc(F)cc2F)cc1. The molecule has 0 aromatic heterocycles. The molecule has 8 heteroatoms. The highest BCUT2D eigenvalue weighted by atomic mass is 19.3. The van der Waals surface area contributed by atoms with Gasteiger partial charge in [0.15, 0.2) is 0 Å². The average molecular weight is 329 g/mol. The number of nitrogens with one attached hydrogen (secondary N) is 1. The van der Waals surface area contributed by atoms with Gasteiger partial charge in [0, 0.05) is 6.07 Å². The summed E-state index contributed by atoms with van der Waals surface area (Å²) in [5.41, 5.74) is -0.589. The van der Waals surface area contributed by atoms with Crippen molar-refractivity contribution < 1.29 is 31.8 Å². The molecule has 2 aromatic rings. The molecule has 23 heavy (non-hydrogen) atoms. The third-order valence-electron chi connectivity index (χ3n) is 2.75. The van der Waals surface area contributed by atoms with E-state index in [0.717, 1.165) is 12.1 Å². The van der Waals surface area contributed by atoms with Crippen LogP contribution in [0.15, 0.2) is 42.5 Å². The zero-order valence-electron chi connectivity index (χ0n) is 11.8. The number of hydrogen-bond donors (Lipinski definition) is 1. The van der Waals surface area contributed by atoms with Gasteiger partial charge in [-0.15, -0.1) is 0 Å². The van der Waals surface area contributed by atoms with Crippen molar-refractivity contribution in [2.75, 3.05) is 12.4 Å². The van der Waals surface area contributed by atoms with E-state index in [1.807, 2.05) is 0 Å². The van der Waals surface area contributed by atoms with Gasteiger partial charge in [-0.2, -0.15) is 8.78 Å². The van der Waals surface area contributed by atoms with Crippen LogP contribution in [0.1, 0.15) is 0 Å². The van der Waals surface area contributed by atoms with E-state index in [4.69, 9.17) is 4.74 Å². The van der Waals surface area contributed by atoms with Crippen LogP contribution in [0.25, 0.3) is 0 Å². The van der Waals surface area contributed by atoms with Crippen LogP contribution in [0, 0.1) is 11.6 Å². The third-order valence-corrected chi connectivity index (χ3v) is 2.75. The van der Waals surface area contributed by atoms with Crippen molar-refractivity contribution in [3.63, 3.8) is 0 Å². The number of ether oxygens (including phenoxy) is 2. The van der Waals surface area contributed by atoms with Crippen molar-refractivity contribution in [2.24, 2.45) is 0 Å². The molecule has 4 nitrogen and oxygen atoms in total. The highest BCUT2D eigenvalue weighted by Crippen LogP contribution is 2.26. The highest BCUT2D eigenvalue weighted by Gasteiger charge is 2.42. The number of rotatable bonds is 5. The van der Waals surface area contributed by atoms with Crippen LogP contribution in [-0.4, -0.2) is 19.1 Å². The van der Waals surface area contributed by atoms with Gasteiger partial charge in [-0.3, -0.25) is 4.79 Å². The summed E-state index contributed by atoms with van der Waals surface area (Å²) in [7, 11) is 1.40. The van der Waals surface area contributed by atoms with Gasteiger partial charge >= 0.3 is 12.0 Å². The summed E-state index contributed by atoms with van der Waals surface area (Å²) >= 11 is 0. The highest BCUT2D eigenvalue weighted by molar-refractivity contribution is 5.95. The lowest BCUT2D eigenvalue weighted by Gasteiger charge is -2.17. The number of alkyl halides is 2. The van der Waals surface area contributed by atoms with E-state index >= 15 is 0 Å². The monoisotopic (exact) mass is 329 g/mol. The summed E-state index contributed by atoms with van der Waals surface area (Å²) < 4.78 is 62.7. The van der Waals surface area contributed by atoms with Crippen molar-refractivity contribution in [1.29, 1.82) is 0 Å². The number of benzene rings is 2. The van der Waals surface area contributed by atoms with Gasteiger partial charge in [-0.05, 0) is 36.4 Å². The molecular weight excluding hydrogens is 318 g/mol. The topological polar surface area (TPSA) is 47.6 Å². The molecule has 122 valence electrons. The van der Waals surface area contributed by atoms with Gasteiger partial charge in [-0.25, -0.2) is 8.78 Å². The lowest BCUT2D eigenvalue weighted by atomic mass is 10.3. The van der Waals surface area contributed by atoms with Crippen LogP contribution in [0.2, 0.25) is 0 Å². The Bertz CT molecular complexity index is 704. The predicted octanol–water partition coefficient (Wildman–Crippen LogP) is 3.58. The maximum Gasteiger partial charge on any atom is 0.482 e.